The Labute approximate surface area is 139 Å². The summed E-state index contributed by atoms with van der Waals surface area (Å²) in [7, 11) is 1.75. The van der Waals surface area contributed by atoms with E-state index in [-0.39, 0.29) is 5.91 Å². The first-order valence-electron chi connectivity index (χ1n) is 7.55. The summed E-state index contributed by atoms with van der Waals surface area (Å²) >= 11 is 1.57. The fourth-order valence-electron chi connectivity index (χ4n) is 2.86. The third-order valence-electron chi connectivity index (χ3n) is 4.07. The van der Waals surface area contributed by atoms with Crippen LogP contribution in [0.15, 0.2) is 36.1 Å². The van der Waals surface area contributed by atoms with Gasteiger partial charge in [-0.3, -0.25) is 9.78 Å². The van der Waals surface area contributed by atoms with Gasteiger partial charge in [0.25, 0.3) is 0 Å². The Balaban J connectivity index is 1.58. The van der Waals surface area contributed by atoms with Crippen LogP contribution in [-0.2, 0) is 11.2 Å². The summed E-state index contributed by atoms with van der Waals surface area (Å²) < 4.78 is 0. The molecule has 0 aliphatic carbocycles. The molecule has 1 N–H and O–H groups in total. The average Bonchev–Trinajstić information content (AvgIpc) is 3.18. The van der Waals surface area contributed by atoms with E-state index in [0.29, 0.717) is 32.5 Å². The Bertz CT molecular complexity index is 649. The lowest BCUT2D eigenvalue weighted by atomic mass is 10.0. The van der Waals surface area contributed by atoms with Crippen LogP contribution < -0.4 is 4.90 Å². The van der Waals surface area contributed by atoms with Gasteiger partial charge in [0.05, 0.1) is 19.2 Å². The number of aliphatic hydroxyl groups is 1. The number of thiophene rings is 1. The van der Waals surface area contributed by atoms with Gasteiger partial charge in [-0.25, -0.2) is 4.98 Å². The lowest BCUT2D eigenvalue weighted by Crippen LogP contribution is -2.46. The van der Waals surface area contributed by atoms with Crippen LogP contribution in [0.2, 0.25) is 0 Å². The van der Waals surface area contributed by atoms with E-state index in [2.05, 4.69) is 9.97 Å². The molecule has 6 nitrogen and oxygen atoms in total. The number of anilines is 1. The first-order chi connectivity index (χ1) is 11.1. The van der Waals surface area contributed by atoms with Crippen molar-refractivity contribution in [3.05, 3.63) is 41.0 Å². The van der Waals surface area contributed by atoms with Crippen LogP contribution in [0.4, 0.5) is 5.82 Å². The minimum Gasteiger partial charge on any atom is -0.386 e. The van der Waals surface area contributed by atoms with E-state index in [1.807, 2.05) is 22.4 Å². The van der Waals surface area contributed by atoms with Crippen molar-refractivity contribution >= 4 is 23.1 Å². The summed E-state index contributed by atoms with van der Waals surface area (Å²) in [6.07, 6.45) is 5.96. The number of rotatable bonds is 5. The molecule has 1 atom stereocenters. The van der Waals surface area contributed by atoms with Gasteiger partial charge in [0, 0.05) is 37.4 Å². The number of likely N-dealkylation sites (N-methyl/N-ethyl adjacent to an activating group) is 1. The van der Waals surface area contributed by atoms with Crippen molar-refractivity contribution in [1.29, 1.82) is 0 Å². The van der Waals surface area contributed by atoms with E-state index in [4.69, 9.17) is 0 Å². The van der Waals surface area contributed by atoms with E-state index in [1.165, 1.54) is 0 Å². The maximum atomic E-state index is 12.3. The maximum absolute atomic E-state index is 12.3. The molecule has 122 valence electrons. The number of carbonyl (C=O) groups is 1. The van der Waals surface area contributed by atoms with E-state index in [9.17, 15) is 9.90 Å². The van der Waals surface area contributed by atoms with Gasteiger partial charge in [0.15, 0.2) is 0 Å². The summed E-state index contributed by atoms with van der Waals surface area (Å²) in [5, 5.41) is 12.8. The zero-order valence-electron chi connectivity index (χ0n) is 13.1. The molecule has 7 heteroatoms. The number of β-amino-alcohol motifs (C(OH)–C–C–N with tert-alkyl or cyclic N) is 1. The SMILES string of the molecule is CN(C[C@]1(O)CCN(c2cnccn2)C1)C(=O)Cc1cccs1. The van der Waals surface area contributed by atoms with E-state index in [1.54, 1.807) is 41.9 Å². The molecule has 1 amide bonds. The molecule has 0 radical (unpaired) electrons. The molecule has 0 spiro atoms. The van der Waals surface area contributed by atoms with E-state index < -0.39 is 5.60 Å². The summed E-state index contributed by atoms with van der Waals surface area (Å²) in [5.41, 5.74) is -0.905. The predicted octanol–water partition coefficient (Wildman–Crippen LogP) is 1.18. The van der Waals surface area contributed by atoms with Crippen LogP contribution in [0, 0.1) is 0 Å². The van der Waals surface area contributed by atoms with Gasteiger partial charge >= 0.3 is 0 Å². The minimum absolute atomic E-state index is 0.0267. The molecular formula is C16H20N4O2S. The number of hydrogen-bond acceptors (Lipinski definition) is 6. The Morgan fingerprint density at radius 1 is 1.52 bits per heavy atom. The second-order valence-electron chi connectivity index (χ2n) is 5.97. The summed E-state index contributed by atoms with van der Waals surface area (Å²) in [6, 6.07) is 3.90. The van der Waals surface area contributed by atoms with Crippen molar-refractivity contribution in [3.8, 4) is 0 Å². The van der Waals surface area contributed by atoms with Crippen molar-refractivity contribution in [2.75, 3.05) is 31.6 Å². The fourth-order valence-corrected chi connectivity index (χ4v) is 3.56. The number of amides is 1. The van der Waals surface area contributed by atoms with Crippen molar-refractivity contribution < 1.29 is 9.90 Å². The van der Waals surface area contributed by atoms with Gasteiger partial charge in [-0.2, -0.15) is 0 Å². The maximum Gasteiger partial charge on any atom is 0.227 e. The molecule has 1 fully saturated rings. The minimum atomic E-state index is -0.905. The van der Waals surface area contributed by atoms with Crippen LogP contribution in [0.25, 0.3) is 0 Å². The molecule has 0 unspecified atom stereocenters. The molecule has 0 bridgehead atoms. The molecule has 0 aromatic carbocycles. The van der Waals surface area contributed by atoms with Gasteiger partial charge in [-0.1, -0.05) is 6.07 Å². The lowest BCUT2D eigenvalue weighted by Gasteiger charge is -2.29. The number of nitrogens with zero attached hydrogens (tertiary/aromatic N) is 4. The predicted molar refractivity (Wildman–Crippen MR) is 89.5 cm³/mol. The zero-order chi connectivity index (χ0) is 16.3. The highest BCUT2D eigenvalue weighted by Gasteiger charge is 2.38. The van der Waals surface area contributed by atoms with Crippen LogP contribution in [0.3, 0.4) is 0 Å². The average molecular weight is 332 g/mol. The topological polar surface area (TPSA) is 69.6 Å². The molecule has 1 aliphatic rings. The first-order valence-corrected chi connectivity index (χ1v) is 8.43. The van der Waals surface area contributed by atoms with Gasteiger partial charge in [0.2, 0.25) is 5.91 Å². The van der Waals surface area contributed by atoms with Gasteiger partial charge in [0.1, 0.15) is 11.4 Å². The first kappa shape index (κ1) is 15.9. The largest absolute Gasteiger partial charge is 0.386 e. The molecule has 1 saturated heterocycles. The molecule has 2 aromatic heterocycles. The second-order valence-corrected chi connectivity index (χ2v) is 7.00. The van der Waals surface area contributed by atoms with Gasteiger partial charge in [-0.05, 0) is 17.9 Å². The van der Waals surface area contributed by atoms with Crippen molar-refractivity contribution in [1.82, 2.24) is 14.9 Å². The van der Waals surface area contributed by atoms with Gasteiger partial charge in [-0.15, -0.1) is 11.3 Å². The van der Waals surface area contributed by atoms with Crippen LogP contribution in [-0.4, -0.2) is 58.2 Å². The van der Waals surface area contributed by atoms with Crippen LogP contribution in [0.5, 0.6) is 0 Å². The van der Waals surface area contributed by atoms with Crippen LogP contribution >= 0.6 is 11.3 Å². The molecule has 0 saturated carbocycles. The quantitative estimate of drug-likeness (QED) is 0.890. The number of carbonyl (C=O) groups excluding carboxylic acids is 1. The molecule has 1 aliphatic heterocycles. The molecule has 3 rings (SSSR count). The Morgan fingerprint density at radius 3 is 3.09 bits per heavy atom. The third-order valence-corrected chi connectivity index (χ3v) is 4.94. The highest BCUT2D eigenvalue weighted by Crippen LogP contribution is 2.26. The standard InChI is InChI=1S/C16H20N4O2S/c1-19(15(21)9-13-3-2-8-23-13)11-16(22)4-7-20(12-16)14-10-17-5-6-18-14/h2-3,5-6,8,10,22H,4,7,9,11-12H2,1H3/t16-/m1/s1. The Kier molecular flexibility index (Phi) is 4.58. The monoisotopic (exact) mass is 332 g/mol. The lowest BCUT2D eigenvalue weighted by molar-refractivity contribution is -0.132. The second kappa shape index (κ2) is 6.64. The highest BCUT2D eigenvalue weighted by atomic mass is 32.1. The van der Waals surface area contributed by atoms with E-state index >= 15 is 0 Å². The van der Waals surface area contributed by atoms with Crippen molar-refractivity contribution in [2.45, 2.75) is 18.4 Å². The van der Waals surface area contributed by atoms with Crippen molar-refractivity contribution in [3.63, 3.8) is 0 Å². The third kappa shape index (κ3) is 3.86. The summed E-state index contributed by atoms with van der Waals surface area (Å²) in [6.45, 7) is 1.50. The number of aromatic nitrogens is 2. The fraction of sp³-hybridized carbons (Fsp3) is 0.438. The smallest absolute Gasteiger partial charge is 0.227 e. The summed E-state index contributed by atoms with van der Waals surface area (Å²) in [4.78, 5) is 25.3. The molecular weight excluding hydrogens is 312 g/mol. The van der Waals surface area contributed by atoms with E-state index in [0.717, 1.165) is 10.7 Å². The van der Waals surface area contributed by atoms with Crippen LogP contribution in [0.1, 0.15) is 11.3 Å². The van der Waals surface area contributed by atoms with Crippen molar-refractivity contribution in [2.24, 2.45) is 0 Å². The number of hydrogen-bond donors (Lipinski definition) is 1. The Hall–Kier alpha value is -1.99. The summed E-state index contributed by atoms with van der Waals surface area (Å²) in [5.74, 6) is 0.787. The Morgan fingerprint density at radius 2 is 2.39 bits per heavy atom. The highest BCUT2D eigenvalue weighted by molar-refractivity contribution is 7.10. The van der Waals surface area contributed by atoms with Gasteiger partial charge < -0.3 is 14.9 Å². The molecule has 23 heavy (non-hydrogen) atoms. The molecule has 3 heterocycles. The molecule has 2 aromatic rings. The normalized spacial score (nSPS) is 20.7. The zero-order valence-corrected chi connectivity index (χ0v) is 13.9.